The molecule has 4 nitrogen and oxygen atoms in total. The number of aromatic nitrogens is 1. The third-order valence-corrected chi connectivity index (χ3v) is 5.09. The zero-order valence-corrected chi connectivity index (χ0v) is 15.6. The molecule has 26 heavy (non-hydrogen) atoms. The van der Waals surface area contributed by atoms with Crippen molar-refractivity contribution >= 4 is 28.5 Å². The van der Waals surface area contributed by atoms with Gasteiger partial charge in [-0.15, -0.1) is 0 Å². The highest BCUT2D eigenvalue weighted by Gasteiger charge is 2.20. The number of hydrogen-bond donors (Lipinski definition) is 3. The van der Waals surface area contributed by atoms with Crippen LogP contribution in [0.2, 0.25) is 5.02 Å². The Morgan fingerprint density at radius 2 is 1.88 bits per heavy atom. The number of hydrogen-bond acceptors (Lipinski definition) is 2. The fourth-order valence-corrected chi connectivity index (χ4v) is 3.57. The Bertz CT molecular complexity index is 929. The monoisotopic (exact) mass is 370 g/mol. The van der Waals surface area contributed by atoms with Crippen LogP contribution in [-0.4, -0.2) is 22.6 Å². The summed E-state index contributed by atoms with van der Waals surface area (Å²) in [4.78, 5) is 15.1. The highest BCUT2D eigenvalue weighted by atomic mass is 35.5. The maximum Gasteiger partial charge on any atom is 0.336 e. The van der Waals surface area contributed by atoms with Crippen LogP contribution < -0.4 is 5.73 Å². The molecule has 5 heteroatoms. The molecule has 136 valence electrons. The van der Waals surface area contributed by atoms with E-state index in [1.54, 1.807) is 12.1 Å². The average molecular weight is 371 g/mol. The molecular weight excluding hydrogens is 348 g/mol. The van der Waals surface area contributed by atoms with Crippen LogP contribution in [0.25, 0.3) is 22.2 Å². The Balaban J connectivity index is 2.23. The molecule has 4 N–H and O–H groups in total. The van der Waals surface area contributed by atoms with Gasteiger partial charge in [0, 0.05) is 11.1 Å². The van der Waals surface area contributed by atoms with Crippen LogP contribution in [0.1, 0.15) is 41.3 Å². The molecule has 2 aromatic carbocycles. The lowest BCUT2D eigenvalue weighted by Gasteiger charge is -2.07. The number of benzene rings is 2. The van der Waals surface area contributed by atoms with Crippen LogP contribution in [0.15, 0.2) is 36.4 Å². The SMILES string of the molecule is CCc1ccc(-c2[nH]c3c(Cl)ccc(C(=O)O)c3c2CCCCN)cc1. The molecule has 0 saturated heterocycles. The highest BCUT2D eigenvalue weighted by Crippen LogP contribution is 2.37. The van der Waals surface area contributed by atoms with Crippen molar-refractivity contribution in [1.82, 2.24) is 4.98 Å². The van der Waals surface area contributed by atoms with Crippen LogP contribution in [0.3, 0.4) is 0 Å². The molecule has 0 saturated carbocycles. The number of H-pyrrole nitrogens is 1. The van der Waals surface area contributed by atoms with E-state index >= 15 is 0 Å². The summed E-state index contributed by atoms with van der Waals surface area (Å²) in [5, 5.41) is 10.9. The van der Waals surface area contributed by atoms with Crippen LogP contribution in [0.5, 0.6) is 0 Å². The van der Waals surface area contributed by atoms with Gasteiger partial charge in [0.05, 0.1) is 16.1 Å². The first-order valence-electron chi connectivity index (χ1n) is 8.92. The molecule has 0 amide bonds. The standard InChI is InChI=1S/C21H23ClN2O2/c1-2-13-6-8-14(9-7-13)19-15(5-3-4-12-23)18-16(21(25)26)10-11-17(22)20(18)24-19/h6-11,24H,2-5,12,23H2,1H3,(H,25,26). The van der Waals surface area contributed by atoms with Crippen molar-refractivity contribution in [2.75, 3.05) is 6.54 Å². The van der Waals surface area contributed by atoms with Crippen molar-refractivity contribution in [3.05, 3.63) is 58.1 Å². The van der Waals surface area contributed by atoms with Gasteiger partial charge in [0.15, 0.2) is 0 Å². The van der Waals surface area contributed by atoms with E-state index in [9.17, 15) is 9.90 Å². The van der Waals surface area contributed by atoms with Gasteiger partial charge in [-0.05, 0) is 61.1 Å². The van der Waals surface area contributed by atoms with Gasteiger partial charge in [-0.3, -0.25) is 0 Å². The number of rotatable bonds is 7. The summed E-state index contributed by atoms with van der Waals surface area (Å²) in [6.07, 6.45) is 3.52. The predicted octanol–water partition coefficient (Wildman–Crippen LogP) is 5.03. The summed E-state index contributed by atoms with van der Waals surface area (Å²) < 4.78 is 0. The van der Waals surface area contributed by atoms with E-state index < -0.39 is 5.97 Å². The molecule has 0 atom stereocenters. The van der Waals surface area contributed by atoms with Gasteiger partial charge in [0.2, 0.25) is 0 Å². The molecule has 0 radical (unpaired) electrons. The fraction of sp³-hybridized carbons (Fsp3) is 0.286. The quantitative estimate of drug-likeness (QED) is 0.510. The lowest BCUT2D eigenvalue weighted by Crippen LogP contribution is -2.01. The molecule has 0 spiro atoms. The van der Waals surface area contributed by atoms with Crippen molar-refractivity contribution in [2.24, 2.45) is 5.73 Å². The molecule has 0 aliphatic carbocycles. The maximum absolute atomic E-state index is 11.8. The zero-order chi connectivity index (χ0) is 18.7. The molecule has 0 aliphatic heterocycles. The molecule has 0 bridgehead atoms. The van der Waals surface area contributed by atoms with E-state index in [0.29, 0.717) is 22.5 Å². The number of fused-ring (bicyclic) bond motifs is 1. The fourth-order valence-electron chi connectivity index (χ4n) is 3.37. The Kier molecular flexibility index (Phi) is 5.64. The van der Waals surface area contributed by atoms with Crippen LogP contribution in [0.4, 0.5) is 0 Å². The number of nitrogens with two attached hydrogens (primary N) is 1. The Morgan fingerprint density at radius 1 is 1.15 bits per heavy atom. The minimum absolute atomic E-state index is 0.278. The van der Waals surface area contributed by atoms with E-state index in [0.717, 1.165) is 42.5 Å². The van der Waals surface area contributed by atoms with Crippen molar-refractivity contribution in [3.8, 4) is 11.3 Å². The third-order valence-electron chi connectivity index (χ3n) is 4.77. The van der Waals surface area contributed by atoms with Gasteiger partial charge >= 0.3 is 5.97 Å². The first-order valence-corrected chi connectivity index (χ1v) is 9.30. The lowest BCUT2D eigenvalue weighted by molar-refractivity contribution is 0.0699. The minimum atomic E-state index is -0.946. The van der Waals surface area contributed by atoms with E-state index in [1.807, 2.05) is 0 Å². The van der Waals surface area contributed by atoms with Crippen LogP contribution in [0, 0.1) is 0 Å². The van der Waals surface area contributed by atoms with E-state index in [1.165, 1.54) is 5.56 Å². The van der Waals surface area contributed by atoms with Gasteiger partial charge in [0.25, 0.3) is 0 Å². The van der Waals surface area contributed by atoms with Crippen LogP contribution in [-0.2, 0) is 12.8 Å². The van der Waals surface area contributed by atoms with Gasteiger partial charge < -0.3 is 15.8 Å². The lowest BCUT2D eigenvalue weighted by atomic mass is 9.97. The van der Waals surface area contributed by atoms with Crippen molar-refractivity contribution in [1.29, 1.82) is 0 Å². The number of halogens is 1. The first kappa shape index (κ1) is 18.5. The summed E-state index contributed by atoms with van der Waals surface area (Å²) in [5.41, 5.74) is 10.8. The van der Waals surface area contributed by atoms with Gasteiger partial charge in [-0.1, -0.05) is 42.8 Å². The van der Waals surface area contributed by atoms with Gasteiger partial charge in [-0.25, -0.2) is 4.79 Å². The highest BCUT2D eigenvalue weighted by molar-refractivity contribution is 6.36. The maximum atomic E-state index is 11.8. The Morgan fingerprint density at radius 3 is 2.50 bits per heavy atom. The molecule has 3 aromatic rings. The molecule has 0 aliphatic rings. The van der Waals surface area contributed by atoms with Crippen molar-refractivity contribution in [3.63, 3.8) is 0 Å². The second-order valence-corrected chi connectivity index (χ2v) is 6.83. The van der Waals surface area contributed by atoms with Gasteiger partial charge in [0.1, 0.15) is 0 Å². The summed E-state index contributed by atoms with van der Waals surface area (Å²) in [5.74, 6) is -0.946. The molecule has 3 rings (SSSR count). The number of carboxylic acids is 1. The summed E-state index contributed by atoms with van der Waals surface area (Å²) >= 11 is 6.37. The largest absolute Gasteiger partial charge is 0.478 e. The number of nitrogens with one attached hydrogen (secondary N) is 1. The summed E-state index contributed by atoms with van der Waals surface area (Å²) in [6, 6.07) is 11.6. The topological polar surface area (TPSA) is 79.1 Å². The van der Waals surface area contributed by atoms with E-state index in [4.69, 9.17) is 17.3 Å². The number of unbranched alkanes of at least 4 members (excludes halogenated alkanes) is 1. The van der Waals surface area contributed by atoms with Crippen molar-refractivity contribution in [2.45, 2.75) is 32.6 Å². The van der Waals surface area contributed by atoms with E-state index in [2.05, 4.69) is 36.2 Å². The molecular formula is C21H23ClN2O2. The van der Waals surface area contributed by atoms with Crippen molar-refractivity contribution < 1.29 is 9.90 Å². The molecule has 0 fully saturated rings. The zero-order valence-electron chi connectivity index (χ0n) is 14.8. The number of carboxylic acid groups (broad SMARTS) is 1. The second-order valence-electron chi connectivity index (χ2n) is 6.42. The first-order chi connectivity index (χ1) is 12.6. The smallest absolute Gasteiger partial charge is 0.336 e. The third kappa shape index (κ3) is 3.48. The Labute approximate surface area is 158 Å². The van der Waals surface area contributed by atoms with Gasteiger partial charge in [-0.2, -0.15) is 0 Å². The summed E-state index contributed by atoms with van der Waals surface area (Å²) in [6.45, 7) is 2.74. The number of aromatic carboxylic acids is 1. The average Bonchev–Trinajstić information content (AvgIpc) is 3.02. The second kappa shape index (κ2) is 7.94. The molecule has 1 aromatic heterocycles. The molecule has 0 unspecified atom stereocenters. The minimum Gasteiger partial charge on any atom is -0.478 e. The van der Waals surface area contributed by atoms with E-state index in [-0.39, 0.29) is 5.56 Å². The number of aryl methyl sites for hydroxylation is 2. The predicted molar refractivity (Wildman–Crippen MR) is 107 cm³/mol. The normalized spacial score (nSPS) is 11.2. The Hall–Kier alpha value is -2.30. The summed E-state index contributed by atoms with van der Waals surface area (Å²) in [7, 11) is 0. The molecule has 1 heterocycles. The number of aromatic amines is 1. The number of carbonyl (C=O) groups is 1. The van der Waals surface area contributed by atoms with Crippen LogP contribution >= 0.6 is 11.6 Å².